The second-order valence-corrected chi connectivity index (χ2v) is 9.85. The number of para-hydroxylation sites is 1. The SMILES string of the molecule is C=CCN1C(=O)C2(C(=C(O)c3ccc(Cl)cc3)C(=O)C(=O)N2CCC[NH+]2CCOCC2)c2ccccc21. The molecule has 8 nitrogen and oxygen atoms in total. The fourth-order valence-corrected chi connectivity index (χ4v) is 5.75. The highest BCUT2D eigenvalue weighted by Crippen LogP contribution is 2.53. The number of hydrogen-bond donors (Lipinski definition) is 2. The van der Waals surface area contributed by atoms with Crippen LogP contribution in [0.25, 0.3) is 5.76 Å². The molecule has 1 atom stereocenters. The van der Waals surface area contributed by atoms with E-state index in [1.165, 1.54) is 14.7 Å². The predicted octanol–water partition coefficient (Wildman–Crippen LogP) is 1.75. The van der Waals surface area contributed by atoms with Crippen molar-refractivity contribution in [2.45, 2.75) is 12.0 Å². The zero-order valence-electron chi connectivity index (χ0n) is 20.4. The Morgan fingerprint density at radius 3 is 2.51 bits per heavy atom. The lowest BCUT2D eigenvalue weighted by Crippen LogP contribution is -3.14. The molecule has 37 heavy (non-hydrogen) atoms. The predicted molar refractivity (Wildman–Crippen MR) is 139 cm³/mol. The number of quaternary nitrogens is 1. The number of carbonyl (C=O) groups is 3. The van der Waals surface area contributed by atoms with Gasteiger partial charge in [0.25, 0.3) is 17.6 Å². The molecule has 9 heteroatoms. The Hall–Kier alpha value is -3.46. The van der Waals surface area contributed by atoms with Gasteiger partial charge >= 0.3 is 0 Å². The zero-order valence-corrected chi connectivity index (χ0v) is 21.2. The van der Waals surface area contributed by atoms with Crippen molar-refractivity contribution in [3.05, 3.63) is 82.9 Å². The van der Waals surface area contributed by atoms with Crippen LogP contribution in [0.2, 0.25) is 5.02 Å². The topological polar surface area (TPSA) is 91.6 Å². The molecule has 2 aromatic rings. The van der Waals surface area contributed by atoms with Crippen LogP contribution in [0.1, 0.15) is 17.5 Å². The van der Waals surface area contributed by atoms with Gasteiger partial charge in [0.2, 0.25) is 0 Å². The first kappa shape index (κ1) is 25.2. The van der Waals surface area contributed by atoms with Crippen LogP contribution in [0.3, 0.4) is 0 Å². The van der Waals surface area contributed by atoms with Crippen LogP contribution in [-0.4, -0.2) is 73.5 Å². The maximum atomic E-state index is 14.3. The molecule has 0 saturated carbocycles. The monoisotopic (exact) mass is 522 g/mol. The van der Waals surface area contributed by atoms with Crippen molar-refractivity contribution < 1.29 is 29.1 Å². The Morgan fingerprint density at radius 2 is 1.81 bits per heavy atom. The fourth-order valence-electron chi connectivity index (χ4n) is 5.63. The summed E-state index contributed by atoms with van der Waals surface area (Å²) in [6, 6.07) is 13.4. The van der Waals surface area contributed by atoms with Gasteiger partial charge in [-0.1, -0.05) is 35.9 Å². The van der Waals surface area contributed by atoms with Gasteiger partial charge in [-0.3, -0.25) is 14.4 Å². The maximum Gasteiger partial charge on any atom is 0.296 e. The molecule has 1 unspecified atom stereocenters. The van der Waals surface area contributed by atoms with Gasteiger partial charge in [-0.2, -0.15) is 0 Å². The molecule has 0 radical (unpaired) electrons. The van der Waals surface area contributed by atoms with Crippen molar-refractivity contribution in [2.24, 2.45) is 0 Å². The summed E-state index contributed by atoms with van der Waals surface area (Å²) < 4.78 is 5.43. The molecule has 3 aliphatic rings. The average molecular weight is 523 g/mol. The first-order valence-electron chi connectivity index (χ1n) is 12.4. The van der Waals surface area contributed by atoms with E-state index in [9.17, 15) is 19.5 Å². The van der Waals surface area contributed by atoms with E-state index >= 15 is 0 Å². The molecule has 3 heterocycles. The van der Waals surface area contributed by atoms with Crippen LogP contribution in [-0.2, 0) is 24.7 Å². The van der Waals surface area contributed by atoms with E-state index in [0.29, 0.717) is 41.5 Å². The number of nitrogens with zero attached hydrogens (tertiary/aromatic N) is 2. The molecule has 2 N–H and O–H groups in total. The minimum Gasteiger partial charge on any atom is -0.507 e. The third kappa shape index (κ3) is 4.05. The molecule has 2 amide bonds. The van der Waals surface area contributed by atoms with E-state index in [2.05, 4.69) is 6.58 Å². The van der Waals surface area contributed by atoms with Gasteiger partial charge in [-0.25, -0.2) is 0 Å². The number of Topliss-reactive ketones (excluding diaryl/α,β-unsaturated/α-hetero) is 1. The van der Waals surface area contributed by atoms with Gasteiger partial charge in [0, 0.05) is 35.7 Å². The number of hydrogen-bond acceptors (Lipinski definition) is 5. The first-order valence-corrected chi connectivity index (χ1v) is 12.8. The van der Waals surface area contributed by atoms with Crippen molar-refractivity contribution in [2.75, 3.05) is 50.8 Å². The number of ether oxygens (including phenoxy) is 1. The quantitative estimate of drug-likeness (QED) is 0.250. The fraction of sp³-hybridized carbons (Fsp3) is 0.321. The first-order chi connectivity index (χ1) is 17.9. The lowest BCUT2D eigenvalue weighted by Gasteiger charge is -2.35. The maximum absolute atomic E-state index is 14.3. The molecule has 0 bridgehead atoms. The molecule has 3 aliphatic heterocycles. The molecule has 0 aromatic heterocycles. The van der Waals surface area contributed by atoms with E-state index < -0.39 is 28.9 Å². The summed E-state index contributed by atoms with van der Waals surface area (Å²) in [4.78, 5) is 45.7. The van der Waals surface area contributed by atoms with Crippen LogP contribution in [0.5, 0.6) is 0 Å². The molecule has 2 saturated heterocycles. The lowest BCUT2D eigenvalue weighted by molar-refractivity contribution is -0.908. The second kappa shape index (κ2) is 10.1. The summed E-state index contributed by atoms with van der Waals surface area (Å²) in [5.74, 6) is -2.53. The Kier molecular flexibility index (Phi) is 6.90. The number of benzene rings is 2. The van der Waals surface area contributed by atoms with Crippen LogP contribution >= 0.6 is 11.6 Å². The smallest absolute Gasteiger partial charge is 0.296 e. The molecule has 2 fully saturated rings. The number of anilines is 1. The van der Waals surface area contributed by atoms with Crippen LogP contribution in [0.4, 0.5) is 5.69 Å². The van der Waals surface area contributed by atoms with Gasteiger partial charge < -0.3 is 24.5 Å². The van der Waals surface area contributed by atoms with Crippen molar-refractivity contribution in [1.82, 2.24) is 4.90 Å². The summed E-state index contributed by atoms with van der Waals surface area (Å²) in [5, 5.41) is 11.9. The molecule has 0 aliphatic carbocycles. The minimum absolute atomic E-state index is 0.189. The van der Waals surface area contributed by atoms with Crippen LogP contribution in [0.15, 0.2) is 66.8 Å². The summed E-state index contributed by atoms with van der Waals surface area (Å²) in [6.45, 7) is 8.04. The largest absolute Gasteiger partial charge is 0.507 e. The number of fused-ring (bicyclic) bond motifs is 2. The highest BCUT2D eigenvalue weighted by atomic mass is 35.5. The molecule has 5 rings (SSSR count). The third-order valence-corrected chi connectivity index (χ3v) is 7.60. The molecule has 192 valence electrons. The normalized spacial score (nSPS) is 23.2. The van der Waals surface area contributed by atoms with Crippen molar-refractivity contribution in [3.63, 3.8) is 0 Å². The number of halogens is 1. The second-order valence-electron chi connectivity index (χ2n) is 9.41. The Balaban J connectivity index is 1.65. The van der Waals surface area contributed by atoms with E-state index in [1.807, 2.05) is 0 Å². The minimum atomic E-state index is -1.77. The van der Waals surface area contributed by atoms with E-state index in [4.69, 9.17) is 16.3 Å². The molecular weight excluding hydrogens is 494 g/mol. The van der Waals surface area contributed by atoms with Gasteiger partial charge in [-0.15, -0.1) is 6.58 Å². The Bertz CT molecular complexity index is 1280. The number of rotatable bonds is 7. The summed E-state index contributed by atoms with van der Waals surface area (Å²) in [5.41, 5.74) is -0.609. The molecule has 2 aromatic carbocycles. The Morgan fingerprint density at radius 1 is 1.11 bits per heavy atom. The van der Waals surface area contributed by atoms with Gasteiger partial charge in [0.15, 0.2) is 5.54 Å². The van der Waals surface area contributed by atoms with Crippen molar-refractivity contribution >= 4 is 40.6 Å². The Labute approximate surface area is 220 Å². The number of amides is 2. The number of carbonyl (C=O) groups excluding carboxylic acids is 3. The summed E-state index contributed by atoms with van der Waals surface area (Å²) in [6.07, 6.45) is 2.18. The highest BCUT2D eigenvalue weighted by Gasteiger charge is 2.66. The van der Waals surface area contributed by atoms with Gasteiger partial charge in [0.05, 0.1) is 31.0 Å². The van der Waals surface area contributed by atoms with Gasteiger partial charge in [0.1, 0.15) is 18.8 Å². The van der Waals surface area contributed by atoms with E-state index in [0.717, 1.165) is 19.6 Å². The highest BCUT2D eigenvalue weighted by molar-refractivity contribution is 6.50. The lowest BCUT2D eigenvalue weighted by atomic mass is 9.82. The van der Waals surface area contributed by atoms with Crippen molar-refractivity contribution in [3.8, 4) is 0 Å². The zero-order chi connectivity index (χ0) is 26.2. The number of aliphatic hydroxyl groups is 1. The van der Waals surface area contributed by atoms with Gasteiger partial charge in [-0.05, 0) is 30.3 Å². The number of morpholine rings is 1. The number of aliphatic hydroxyl groups excluding tert-OH is 1. The summed E-state index contributed by atoms with van der Waals surface area (Å²) >= 11 is 6.03. The van der Waals surface area contributed by atoms with Crippen molar-refractivity contribution in [1.29, 1.82) is 0 Å². The van der Waals surface area contributed by atoms with Crippen LogP contribution < -0.4 is 9.80 Å². The van der Waals surface area contributed by atoms with E-state index in [1.54, 1.807) is 54.6 Å². The standard InChI is InChI=1S/C28H28ClN3O5/c1-2-12-31-22-7-4-3-6-21(22)28(27(31)36)23(24(33)19-8-10-20(29)11-9-19)25(34)26(35)32(28)14-5-13-30-15-17-37-18-16-30/h2-4,6-11,33H,1,5,12-18H2/p+1. The molecular formula is C28H29ClN3O5+. The average Bonchev–Trinajstić information content (AvgIpc) is 3.28. The number of nitrogens with one attached hydrogen (secondary N) is 1. The summed E-state index contributed by atoms with van der Waals surface area (Å²) in [7, 11) is 0. The third-order valence-electron chi connectivity index (χ3n) is 7.35. The molecule has 1 spiro atoms. The number of ketones is 1. The van der Waals surface area contributed by atoms with Crippen LogP contribution in [0, 0.1) is 0 Å². The van der Waals surface area contributed by atoms with E-state index in [-0.39, 0.29) is 18.7 Å². The number of likely N-dealkylation sites (tertiary alicyclic amines) is 1.